The largest absolute Gasteiger partial charge is 0.354 e. The van der Waals surface area contributed by atoms with E-state index in [2.05, 4.69) is 10.6 Å². The van der Waals surface area contributed by atoms with Crippen LogP contribution in [-0.2, 0) is 9.47 Å². The molecule has 0 bridgehead atoms. The van der Waals surface area contributed by atoms with E-state index in [-0.39, 0.29) is 6.03 Å². The molecule has 0 aromatic rings. The molecule has 0 radical (unpaired) electrons. The molecule has 1 aliphatic rings. The van der Waals surface area contributed by atoms with Crippen molar-refractivity contribution in [3.05, 3.63) is 11.8 Å². The highest BCUT2D eigenvalue weighted by Gasteiger charge is 2.08. The molecule has 1 rings (SSSR count). The highest BCUT2D eigenvalue weighted by molar-refractivity contribution is 5.74. The second-order valence-electron chi connectivity index (χ2n) is 4.12. The van der Waals surface area contributed by atoms with Gasteiger partial charge < -0.3 is 20.1 Å². The molecule has 0 saturated heterocycles. The van der Waals surface area contributed by atoms with Gasteiger partial charge in [0.1, 0.15) is 0 Å². The van der Waals surface area contributed by atoms with Crippen molar-refractivity contribution < 1.29 is 14.3 Å². The van der Waals surface area contributed by atoms with Crippen molar-refractivity contribution in [1.29, 1.82) is 0 Å². The number of ether oxygens (including phenoxy) is 2. The summed E-state index contributed by atoms with van der Waals surface area (Å²) in [5.41, 5.74) is 1.32. The zero-order valence-electron chi connectivity index (χ0n) is 10.6. The second-order valence-corrected chi connectivity index (χ2v) is 4.12. The molecule has 5 heteroatoms. The zero-order chi connectivity index (χ0) is 12.5. The predicted octanol–water partition coefficient (Wildman–Crippen LogP) is 1.75. The van der Waals surface area contributed by atoms with Gasteiger partial charge in [-0.05, 0) is 25.7 Å². The van der Waals surface area contributed by atoms with E-state index in [0.717, 1.165) is 12.8 Å². The lowest BCUT2D eigenvalue weighted by Gasteiger charge is -2.15. The van der Waals surface area contributed by atoms with Gasteiger partial charge in [-0.2, -0.15) is 0 Å². The van der Waals surface area contributed by atoms with Crippen LogP contribution in [0.1, 0.15) is 32.1 Å². The van der Waals surface area contributed by atoms with Crippen LogP contribution in [0.3, 0.4) is 0 Å². The summed E-state index contributed by atoms with van der Waals surface area (Å²) in [6, 6.07) is -0.220. The van der Waals surface area contributed by atoms with Crippen LogP contribution in [0.15, 0.2) is 11.8 Å². The van der Waals surface area contributed by atoms with Crippen molar-refractivity contribution >= 4 is 6.03 Å². The van der Waals surface area contributed by atoms with E-state index in [0.29, 0.717) is 6.54 Å². The molecule has 0 heterocycles. The molecule has 0 aromatic heterocycles. The maximum atomic E-state index is 11.4. The summed E-state index contributed by atoms with van der Waals surface area (Å²) < 4.78 is 9.93. The Hall–Kier alpha value is -1.07. The molecule has 0 atom stereocenters. The van der Waals surface area contributed by atoms with E-state index in [1.165, 1.54) is 39.1 Å². The Balaban J connectivity index is 2.20. The van der Waals surface area contributed by atoms with Crippen LogP contribution in [0, 0.1) is 0 Å². The van der Waals surface area contributed by atoms with Gasteiger partial charge in [-0.1, -0.05) is 12.0 Å². The van der Waals surface area contributed by atoms with Crippen LogP contribution in [0.5, 0.6) is 0 Å². The Bertz CT molecular complexity index is 254. The van der Waals surface area contributed by atoms with E-state index in [4.69, 9.17) is 9.47 Å². The Labute approximate surface area is 103 Å². The third-order valence-corrected chi connectivity index (χ3v) is 2.86. The van der Waals surface area contributed by atoms with E-state index < -0.39 is 6.29 Å². The fourth-order valence-electron chi connectivity index (χ4n) is 1.81. The Morgan fingerprint density at radius 2 is 1.94 bits per heavy atom. The molecule has 1 fully saturated rings. The molecule has 1 saturated carbocycles. The Morgan fingerprint density at radius 3 is 2.53 bits per heavy atom. The van der Waals surface area contributed by atoms with Crippen molar-refractivity contribution in [2.24, 2.45) is 0 Å². The van der Waals surface area contributed by atoms with Gasteiger partial charge in [0.25, 0.3) is 0 Å². The lowest BCUT2D eigenvalue weighted by molar-refractivity contribution is -0.0971. The third kappa shape index (κ3) is 5.70. The smallest absolute Gasteiger partial charge is 0.318 e. The fraction of sp³-hybridized carbons (Fsp3) is 0.750. The highest BCUT2D eigenvalue weighted by Crippen LogP contribution is 2.21. The van der Waals surface area contributed by atoms with E-state index >= 15 is 0 Å². The summed E-state index contributed by atoms with van der Waals surface area (Å²) in [5, 5.41) is 5.41. The van der Waals surface area contributed by atoms with E-state index in [9.17, 15) is 4.79 Å². The summed E-state index contributed by atoms with van der Waals surface area (Å²) in [6.45, 7) is 0.335. The first-order valence-corrected chi connectivity index (χ1v) is 6.04. The molecule has 5 nitrogen and oxygen atoms in total. The van der Waals surface area contributed by atoms with Gasteiger partial charge in [0.05, 0.1) is 6.54 Å². The van der Waals surface area contributed by atoms with Crippen molar-refractivity contribution in [3.63, 3.8) is 0 Å². The van der Waals surface area contributed by atoms with Gasteiger partial charge in [0, 0.05) is 20.4 Å². The molecule has 98 valence electrons. The first-order chi connectivity index (χ1) is 8.26. The number of nitrogens with one attached hydrogen (secondary N) is 2. The number of hydrogen-bond donors (Lipinski definition) is 2. The molecule has 0 unspecified atom stereocenters. The molecule has 1 aliphatic carbocycles. The summed E-state index contributed by atoms with van der Waals surface area (Å²) >= 11 is 0. The van der Waals surface area contributed by atoms with Gasteiger partial charge in [-0.25, -0.2) is 4.79 Å². The molecule has 2 amide bonds. The predicted molar refractivity (Wildman–Crippen MR) is 65.5 cm³/mol. The average Bonchev–Trinajstić information content (AvgIpc) is 2.39. The molecular weight excluding hydrogens is 220 g/mol. The summed E-state index contributed by atoms with van der Waals surface area (Å²) in [5.74, 6) is 0. The van der Waals surface area contributed by atoms with E-state index in [1.807, 2.05) is 6.20 Å². The minimum absolute atomic E-state index is 0.220. The maximum absolute atomic E-state index is 11.4. The topological polar surface area (TPSA) is 59.6 Å². The van der Waals surface area contributed by atoms with Gasteiger partial charge in [-0.15, -0.1) is 0 Å². The van der Waals surface area contributed by atoms with Crippen LogP contribution in [0.2, 0.25) is 0 Å². The molecular formula is C12H22N2O3. The average molecular weight is 242 g/mol. The lowest BCUT2D eigenvalue weighted by Crippen LogP contribution is -2.39. The van der Waals surface area contributed by atoms with Crippen molar-refractivity contribution in [2.45, 2.75) is 38.4 Å². The van der Waals surface area contributed by atoms with Crippen LogP contribution >= 0.6 is 0 Å². The minimum Gasteiger partial charge on any atom is -0.354 e. The number of rotatable bonds is 5. The van der Waals surface area contributed by atoms with Gasteiger partial charge >= 0.3 is 6.03 Å². The summed E-state index contributed by atoms with van der Waals surface area (Å²) in [6.07, 6.45) is 7.37. The number of amides is 2. The van der Waals surface area contributed by atoms with Crippen LogP contribution < -0.4 is 10.6 Å². The monoisotopic (exact) mass is 242 g/mol. The highest BCUT2D eigenvalue weighted by atomic mass is 16.7. The van der Waals surface area contributed by atoms with Gasteiger partial charge in [0.15, 0.2) is 6.29 Å². The van der Waals surface area contributed by atoms with Crippen LogP contribution in [-0.4, -0.2) is 33.1 Å². The fourth-order valence-corrected chi connectivity index (χ4v) is 1.81. The second kappa shape index (κ2) is 8.08. The van der Waals surface area contributed by atoms with Gasteiger partial charge in [0.2, 0.25) is 0 Å². The first kappa shape index (κ1) is 14.0. The van der Waals surface area contributed by atoms with Crippen LogP contribution in [0.25, 0.3) is 0 Å². The minimum atomic E-state index is -0.400. The Morgan fingerprint density at radius 1 is 1.29 bits per heavy atom. The van der Waals surface area contributed by atoms with Gasteiger partial charge in [-0.3, -0.25) is 0 Å². The SMILES string of the molecule is COC(CNC(=O)NC=C1CCCCC1)OC. The van der Waals surface area contributed by atoms with E-state index in [1.54, 1.807) is 0 Å². The molecule has 17 heavy (non-hydrogen) atoms. The quantitative estimate of drug-likeness (QED) is 0.722. The number of hydrogen-bond acceptors (Lipinski definition) is 3. The number of carbonyl (C=O) groups is 1. The van der Waals surface area contributed by atoms with Crippen molar-refractivity contribution in [2.75, 3.05) is 20.8 Å². The number of carbonyl (C=O) groups excluding carboxylic acids is 1. The zero-order valence-corrected chi connectivity index (χ0v) is 10.6. The molecule has 0 aromatic carbocycles. The molecule has 0 spiro atoms. The molecule has 0 aliphatic heterocycles. The number of urea groups is 1. The van der Waals surface area contributed by atoms with Crippen molar-refractivity contribution in [3.8, 4) is 0 Å². The summed E-state index contributed by atoms with van der Waals surface area (Å²) in [4.78, 5) is 11.4. The van der Waals surface area contributed by atoms with Crippen molar-refractivity contribution in [1.82, 2.24) is 10.6 Å². The number of allylic oxidation sites excluding steroid dienone is 1. The maximum Gasteiger partial charge on any atom is 0.318 e. The standard InChI is InChI=1S/C12H22N2O3/c1-16-11(17-2)9-14-12(15)13-8-10-6-4-3-5-7-10/h8,11H,3-7,9H2,1-2H3,(H2,13,14,15). The van der Waals surface area contributed by atoms with Crippen LogP contribution in [0.4, 0.5) is 4.79 Å². The Kier molecular flexibility index (Phi) is 6.65. The lowest BCUT2D eigenvalue weighted by atomic mass is 9.96. The number of methoxy groups -OCH3 is 2. The summed E-state index contributed by atoms with van der Waals surface area (Å²) in [7, 11) is 3.08. The normalized spacial score (nSPS) is 15.8. The third-order valence-electron chi connectivity index (χ3n) is 2.86. The molecule has 2 N–H and O–H groups in total. The first-order valence-electron chi connectivity index (χ1n) is 6.04.